The Bertz CT molecular complexity index is 1120. The van der Waals surface area contributed by atoms with Gasteiger partial charge in [0.15, 0.2) is 9.84 Å². The highest BCUT2D eigenvalue weighted by atomic mass is 32.2. The lowest BCUT2D eigenvalue weighted by molar-refractivity contribution is -0.116. The van der Waals surface area contributed by atoms with Crippen LogP contribution in [0.15, 0.2) is 64.4 Å². The minimum atomic E-state index is -3.29. The maximum absolute atomic E-state index is 12.3. The molecule has 0 aliphatic rings. The first-order chi connectivity index (χ1) is 12.4. The smallest absolute Gasteiger partial charge is 0.269 e. The zero-order valence-electron chi connectivity index (χ0n) is 14.0. The average molecular weight is 371 g/mol. The van der Waals surface area contributed by atoms with Gasteiger partial charge in [-0.2, -0.15) is 0 Å². The minimum absolute atomic E-state index is 0.0107. The lowest BCUT2D eigenvalue weighted by Gasteiger charge is -2.10. The van der Waals surface area contributed by atoms with Gasteiger partial charge in [-0.3, -0.25) is 14.2 Å². The maximum Gasteiger partial charge on any atom is 0.269 e. The third kappa shape index (κ3) is 3.65. The van der Waals surface area contributed by atoms with Crippen molar-refractivity contribution in [2.75, 3.05) is 11.1 Å². The number of nitrogens with one attached hydrogen (secondary N) is 1. The van der Waals surface area contributed by atoms with Gasteiger partial charge in [0.2, 0.25) is 5.91 Å². The molecule has 1 heterocycles. The molecule has 2 aromatic carbocycles. The molecule has 0 bridgehead atoms. The van der Waals surface area contributed by atoms with E-state index in [1.165, 1.54) is 35.0 Å². The number of benzene rings is 2. The van der Waals surface area contributed by atoms with Gasteiger partial charge in [-0.1, -0.05) is 19.1 Å². The molecular weight excluding hydrogens is 354 g/mol. The molecular formula is C18H17N3O4S. The fourth-order valence-electron chi connectivity index (χ4n) is 2.53. The van der Waals surface area contributed by atoms with Crippen LogP contribution in [0.5, 0.6) is 0 Å². The number of fused-ring (bicyclic) bond motifs is 1. The molecule has 1 amide bonds. The number of nitrogens with zero attached hydrogens (tertiary/aromatic N) is 2. The van der Waals surface area contributed by atoms with Crippen LogP contribution in [0.25, 0.3) is 11.0 Å². The van der Waals surface area contributed by atoms with Crippen molar-refractivity contribution in [2.24, 2.45) is 0 Å². The molecule has 0 saturated carbocycles. The maximum atomic E-state index is 12.3. The van der Waals surface area contributed by atoms with E-state index in [1.807, 2.05) is 0 Å². The second-order valence-corrected chi connectivity index (χ2v) is 7.93. The molecule has 8 heteroatoms. The molecule has 0 atom stereocenters. The lowest BCUT2D eigenvalue weighted by Crippen LogP contribution is -2.28. The Morgan fingerprint density at radius 1 is 1.12 bits per heavy atom. The predicted octanol–water partition coefficient (Wildman–Crippen LogP) is 1.83. The van der Waals surface area contributed by atoms with E-state index in [0.717, 1.165) is 0 Å². The highest BCUT2D eigenvalue weighted by molar-refractivity contribution is 7.91. The Hall–Kier alpha value is -3.00. The first-order valence-electron chi connectivity index (χ1n) is 7.98. The number of carbonyl (C=O) groups is 1. The van der Waals surface area contributed by atoms with Gasteiger partial charge in [-0.05, 0) is 36.4 Å². The topological polar surface area (TPSA) is 98.1 Å². The van der Waals surface area contributed by atoms with Crippen LogP contribution in [0.2, 0.25) is 0 Å². The molecule has 0 saturated heterocycles. The number of sulfone groups is 1. The SMILES string of the molecule is CCS(=O)(=O)c1ccc(NC(=O)Cn2c(=O)cnc3ccccc32)cc1. The van der Waals surface area contributed by atoms with Crippen molar-refractivity contribution in [3.8, 4) is 0 Å². The fraction of sp³-hybridized carbons (Fsp3) is 0.167. The average Bonchev–Trinajstić information content (AvgIpc) is 2.64. The van der Waals surface area contributed by atoms with Crippen molar-refractivity contribution in [2.45, 2.75) is 18.4 Å². The van der Waals surface area contributed by atoms with Crippen LogP contribution >= 0.6 is 0 Å². The molecule has 26 heavy (non-hydrogen) atoms. The molecule has 1 N–H and O–H groups in total. The van der Waals surface area contributed by atoms with Gasteiger partial charge < -0.3 is 5.32 Å². The van der Waals surface area contributed by atoms with E-state index < -0.39 is 15.7 Å². The second-order valence-electron chi connectivity index (χ2n) is 5.65. The zero-order chi connectivity index (χ0) is 18.7. The standard InChI is InChI=1S/C18H17N3O4S/c1-2-26(24,25)14-9-7-13(8-10-14)20-17(22)12-21-16-6-4-3-5-15(16)19-11-18(21)23/h3-11H,2,12H2,1H3,(H,20,22). The summed E-state index contributed by atoms with van der Waals surface area (Å²) in [5, 5.41) is 2.67. The number of carbonyl (C=O) groups excluding carboxylic acids is 1. The van der Waals surface area contributed by atoms with E-state index in [0.29, 0.717) is 16.7 Å². The summed E-state index contributed by atoms with van der Waals surface area (Å²) < 4.78 is 25.0. The third-order valence-electron chi connectivity index (χ3n) is 3.93. The summed E-state index contributed by atoms with van der Waals surface area (Å²) in [4.78, 5) is 28.6. The molecule has 1 aromatic heterocycles. The summed E-state index contributed by atoms with van der Waals surface area (Å²) in [7, 11) is -3.29. The predicted molar refractivity (Wildman–Crippen MR) is 98.8 cm³/mol. The summed E-state index contributed by atoms with van der Waals surface area (Å²) in [6.45, 7) is 1.40. The molecule has 3 rings (SSSR count). The molecule has 3 aromatic rings. The molecule has 7 nitrogen and oxygen atoms in total. The van der Waals surface area contributed by atoms with Crippen LogP contribution in [-0.2, 0) is 21.2 Å². The molecule has 0 unspecified atom stereocenters. The molecule has 0 aliphatic heterocycles. The van der Waals surface area contributed by atoms with Crippen molar-refractivity contribution in [3.63, 3.8) is 0 Å². The first-order valence-corrected chi connectivity index (χ1v) is 9.63. The summed E-state index contributed by atoms with van der Waals surface area (Å²) >= 11 is 0. The van der Waals surface area contributed by atoms with Gasteiger partial charge in [-0.15, -0.1) is 0 Å². The normalized spacial score (nSPS) is 11.4. The zero-order valence-corrected chi connectivity index (χ0v) is 14.9. The number of aromatic nitrogens is 2. The number of para-hydroxylation sites is 2. The van der Waals surface area contributed by atoms with Gasteiger partial charge in [0, 0.05) is 5.69 Å². The third-order valence-corrected chi connectivity index (χ3v) is 5.68. The van der Waals surface area contributed by atoms with Crippen LogP contribution < -0.4 is 10.9 Å². The fourth-order valence-corrected chi connectivity index (χ4v) is 3.42. The van der Waals surface area contributed by atoms with Crippen LogP contribution in [0.3, 0.4) is 0 Å². The van der Waals surface area contributed by atoms with E-state index in [-0.39, 0.29) is 22.8 Å². The molecule has 0 aliphatic carbocycles. The monoisotopic (exact) mass is 371 g/mol. The van der Waals surface area contributed by atoms with E-state index in [1.54, 1.807) is 31.2 Å². The van der Waals surface area contributed by atoms with Crippen molar-refractivity contribution < 1.29 is 13.2 Å². The van der Waals surface area contributed by atoms with Gasteiger partial charge in [0.25, 0.3) is 5.56 Å². The first kappa shape index (κ1) is 17.8. The van der Waals surface area contributed by atoms with Crippen LogP contribution in [0, 0.1) is 0 Å². The van der Waals surface area contributed by atoms with E-state index in [4.69, 9.17) is 0 Å². The molecule has 134 valence electrons. The summed E-state index contributed by atoms with van der Waals surface area (Å²) in [5.41, 5.74) is 1.27. The minimum Gasteiger partial charge on any atom is -0.325 e. The van der Waals surface area contributed by atoms with Gasteiger partial charge in [0.05, 0.1) is 27.9 Å². The van der Waals surface area contributed by atoms with E-state index in [2.05, 4.69) is 10.3 Å². The number of anilines is 1. The largest absolute Gasteiger partial charge is 0.325 e. The Kier molecular flexibility index (Phi) is 4.85. The molecule has 0 fully saturated rings. The quantitative estimate of drug-likeness (QED) is 0.738. The van der Waals surface area contributed by atoms with E-state index >= 15 is 0 Å². The van der Waals surface area contributed by atoms with Gasteiger partial charge in [0.1, 0.15) is 6.54 Å². The Balaban J connectivity index is 1.80. The van der Waals surface area contributed by atoms with Crippen LogP contribution in [-0.4, -0.2) is 29.6 Å². The highest BCUT2D eigenvalue weighted by Gasteiger charge is 2.12. The Morgan fingerprint density at radius 3 is 2.50 bits per heavy atom. The number of hydrogen-bond acceptors (Lipinski definition) is 5. The second kappa shape index (κ2) is 7.09. The molecule has 0 radical (unpaired) electrons. The van der Waals surface area contributed by atoms with Gasteiger partial charge >= 0.3 is 0 Å². The summed E-state index contributed by atoms with van der Waals surface area (Å²) in [6, 6.07) is 13.0. The van der Waals surface area contributed by atoms with Crippen molar-refractivity contribution >= 4 is 32.5 Å². The number of rotatable bonds is 5. The van der Waals surface area contributed by atoms with Crippen LogP contribution in [0.1, 0.15) is 6.92 Å². The summed E-state index contributed by atoms with van der Waals surface area (Å²) in [5.74, 6) is -0.383. The van der Waals surface area contributed by atoms with Crippen LogP contribution in [0.4, 0.5) is 5.69 Å². The van der Waals surface area contributed by atoms with Gasteiger partial charge in [-0.25, -0.2) is 13.4 Å². The van der Waals surface area contributed by atoms with E-state index in [9.17, 15) is 18.0 Å². The summed E-state index contributed by atoms with van der Waals surface area (Å²) in [6.07, 6.45) is 1.18. The van der Waals surface area contributed by atoms with Crippen molar-refractivity contribution in [1.29, 1.82) is 0 Å². The van der Waals surface area contributed by atoms with Crippen molar-refractivity contribution in [3.05, 3.63) is 65.1 Å². The number of amides is 1. The Morgan fingerprint density at radius 2 is 1.81 bits per heavy atom. The number of hydrogen-bond donors (Lipinski definition) is 1. The van der Waals surface area contributed by atoms with Crippen molar-refractivity contribution in [1.82, 2.24) is 9.55 Å². The highest BCUT2D eigenvalue weighted by Crippen LogP contribution is 2.15. The lowest BCUT2D eigenvalue weighted by atomic mass is 10.3. The Labute approximate surface area is 150 Å². The molecule has 0 spiro atoms.